The molecule has 0 aliphatic heterocycles. The largest absolute Gasteiger partial charge is 0.390 e. The van der Waals surface area contributed by atoms with Crippen molar-refractivity contribution >= 4 is 0 Å². The molecule has 2 rings (SSSR count). The first-order valence-electron chi connectivity index (χ1n) is 7.65. The highest BCUT2D eigenvalue weighted by Crippen LogP contribution is 2.45. The second-order valence-corrected chi connectivity index (χ2v) is 7.42. The van der Waals surface area contributed by atoms with Gasteiger partial charge in [-0.1, -0.05) is 51.1 Å². The van der Waals surface area contributed by atoms with Crippen LogP contribution in [0.15, 0.2) is 30.3 Å². The average molecular weight is 260 g/mol. The zero-order valence-electron chi connectivity index (χ0n) is 12.7. The standard InChI is InChI=1S/C18H28O/c1-15-12-17(2,3)14-18(19,13-15)11-7-10-16-8-5-4-6-9-16/h4-6,8-9,15,19H,7,10-14H2,1-3H3. The van der Waals surface area contributed by atoms with E-state index in [0.717, 1.165) is 32.1 Å². The van der Waals surface area contributed by atoms with Crippen LogP contribution in [0.2, 0.25) is 0 Å². The van der Waals surface area contributed by atoms with E-state index in [-0.39, 0.29) is 0 Å². The average Bonchev–Trinajstić information content (AvgIpc) is 2.26. The summed E-state index contributed by atoms with van der Waals surface area (Å²) >= 11 is 0. The van der Waals surface area contributed by atoms with E-state index in [9.17, 15) is 5.11 Å². The van der Waals surface area contributed by atoms with E-state index in [2.05, 4.69) is 51.1 Å². The summed E-state index contributed by atoms with van der Waals surface area (Å²) in [6.45, 7) is 6.87. The van der Waals surface area contributed by atoms with E-state index in [1.165, 1.54) is 12.0 Å². The summed E-state index contributed by atoms with van der Waals surface area (Å²) in [5.41, 5.74) is 1.24. The Hall–Kier alpha value is -0.820. The van der Waals surface area contributed by atoms with E-state index in [4.69, 9.17) is 0 Å². The topological polar surface area (TPSA) is 20.2 Å². The third kappa shape index (κ3) is 4.35. The molecular weight excluding hydrogens is 232 g/mol. The smallest absolute Gasteiger partial charge is 0.0655 e. The summed E-state index contributed by atoms with van der Waals surface area (Å²) in [7, 11) is 0. The molecule has 0 spiro atoms. The summed E-state index contributed by atoms with van der Waals surface area (Å²) in [4.78, 5) is 0. The van der Waals surface area contributed by atoms with Gasteiger partial charge in [0.1, 0.15) is 0 Å². The molecule has 0 heterocycles. The summed E-state index contributed by atoms with van der Waals surface area (Å²) in [5, 5.41) is 10.9. The molecule has 1 aromatic rings. The molecule has 1 aromatic carbocycles. The predicted octanol–water partition coefficient (Wildman–Crippen LogP) is 4.59. The lowest BCUT2D eigenvalue weighted by Gasteiger charge is -2.44. The number of benzene rings is 1. The molecular formula is C18H28O. The lowest BCUT2D eigenvalue weighted by Crippen LogP contribution is -2.42. The molecule has 0 aromatic heterocycles. The maximum absolute atomic E-state index is 10.9. The molecule has 1 heteroatoms. The zero-order chi connectivity index (χ0) is 13.9. The van der Waals surface area contributed by atoms with E-state index in [0.29, 0.717) is 11.3 Å². The Labute approximate surface area is 118 Å². The second kappa shape index (κ2) is 5.66. The van der Waals surface area contributed by atoms with Gasteiger partial charge in [-0.15, -0.1) is 0 Å². The van der Waals surface area contributed by atoms with Crippen LogP contribution in [0.3, 0.4) is 0 Å². The second-order valence-electron chi connectivity index (χ2n) is 7.42. The van der Waals surface area contributed by atoms with Crippen molar-refractivity contribution in [1.29, 1.82) is 0 Å². The monoisotopic (exact) mass is 260 g/mol. The van der Waals surface area contributed by atoms with Gasteiger partial charge in [0.15, 0.2) is 0 Å². The van der Waals surface area contributed by atoms with Crippen molar-refractivity contribution < 1.29 is 5.11 Å². The highest BCUT2D eigenvalue weighted by molar-refractivity contribution is 5.14. The lowest BCUT2D eigenvalue weighted by atomic mass is 9.64. The van der Waals surface area contributed by atoms with Gasteiger partial charge in [-0.05, 0) is 55.4 Å². The van der Waals surface area contributed by atoms with Crippen molar-refractivity contribution in [2.24, 2.45) is 11.3 Å². The maximum Gasteiger partial charge on any atom is 0.0655 e. The summed E-state index contributed by atoms with van der Waals surface area (Å²) in [5.74, 6) is 0.644. The Kier molecular flexibility index (Phi) is 4.35. The predicted molar refractivity (Wildman–Crippen MR) is 81.1 cm³/mol. The molecule has 19 heavy (non-hydrogen) atoms. The van der Waals surface area contributed by atoms with Gasteiger partial charge < -0.3 is 5.11 Å². The molecule has 1 fully saturated rings. The van der Waals surface area contributed by atoms with Gasteiger partial charge in [0, 0.05) is 0 Å². The van der Waals surface area contributed by atoms with Crippen LogP contribution in [0, 0.1) is 11.3 Å². The van der Waals surface area contributed by atoms with Gasteiger partial charge in [0.2, 0.25) is 0 Å². The fraction of sp³-hybridized carbons (Fsp3) is 0.667. The third-order valence-corrected chi connectivity index (χ3v) is 4.39. The normalized spacial score (nSPS) is 30.2. The fourth-order valence-corrected chi connectivity index (χ4v) is 4.16. The van der Waals surface area contributed by atoms with E-state index < -0.39 is 5.60 Å². The van der Waals surface area contributed by atoms with Crippen molar-refractivity contribution in [3.8, 4) is 0 Å². The van der Waals surface area contributed by atoms with Crippen molar-refractivity contribution in [1.82, 2.24) is 0 Å². The summed E-state index contributed by atoms with van der Waals surface area (Å²) in [6, 6.07) is 10.6. The van der Waals surface area contributed by atoms with Crippen molar-refractivity contribution in [3.05, 3.63) is 35.9 Å². The van der Waals surface area contributed by atoms with Gasteiger partial charge in [-0.25, -0.2) is 0 Å². The van der Waals surface area contributed by atoms with Gasteiger partial charge in [0.25, 0.3) is 0 Å². The van der Waals surface area contributed by atoms with Crippen LogP contribution < -0.4 is 0 Å². The van der Waals surface area contributed by atoms with Crippen LogP contribution in [0.5, 0.6) is 0 Å². The Balaban J connectivity index is 1.87. The third-order valence-electron chi connectivity index (χ3n) is 4.39. The molecule has 0 amide bonds. The fourth-order valence-electron chi connectivity index (χ4n) is 4.16. The molecule has 0 radical (unpaired) electrons. The molecule has 1 saturated carbocycles. The molecule has 2 unspecified atom stereocenters. The van der Waals surface area contributed by atoms with Gasteiger partial charge in [-0.3, -0.25) is 0 Å². The summed E-state index contributed by atoms with van der Waals surface area (Å²) < 4.78 is 0. The number of aryl methyl sites for hydroxylation is 1. The number of hydrogen-bond acceptors (Lipinski definition) is 1. The molecule has 106 valence electrons. The van der Waals surface area contributed by atoms with E-state index in [1.807, 2.05) is 0 Å². The first-order valence-corrected chi connectivity index (χ1v) is 7.65. The number of hydrogen-bond donors (Lipinski definition) is 1. The van der Waals surface area contributed by atoms with Crippen LogP contribution in [-0.2, 0) is 6.42 Å². The lowest BCUT2D eigenvalue weighted by molar-refractivity contribution is -0.0646. The highest BCUT2D eigenvalue weighted by atomic mass is 16.3. The zero-order valence-corrected chi connectivity index (χ0v) is 12.7. The quantitative estimate of drug-likeness (QED) is 0.839. The maximum atomic E-state index is 10.9. The van der Waals surface area contributed by atoms with Crippen molar-refractivity contribution in [3.63, 3.8) is 0 Å². The van der Waals surface area contributed by atoms with Crippen LogP contribution in [0.25, 0.3) is 0 Å². The Morgan fingerprint density at radius 2 is 1.84 bits per heavy atom. The van der Waals surface area contributed by atoms with Crippen molar-refractivity contribution in [2.45, 2.75) is 64.9 Å². The highest BCUT2D eigenvalue weighted by Gasteiger charge is 2.40. The van der Waals surface area contributed by atoms with Crippen LogP contribution in [0.4, 0.5) is 0 Å². The van der Waals surface area contributed by atoms with Crippen LogP contribution in [0.1, 0.15) is 58.4 Å². The van der Waals surface area contributed by atoms with E-state index in [1.54, 1.807) is 0 Å². The number of aliphatic hydroxyl groups is 1. The first-order chi connectivity index (χ1) is 8.89. The Morgan fingerprint density at radius 3 is 2.47 bits per heavy atom. The van der Waals surface area contributed by atoms with Gasteiger partial charge >= 0.3 is 0 Å². The van der Waals surface area contributed by atoms with Crippen LogP contribution >= 0.6 is 0 Å². The minimum absolute atomic E-state index is 0.291. The van der Waals surface area contributed by atoms with E-state index >= 15 is 0 Å². The minimum atomic E-state index is -0.435. The number of rotatable bonds is 4. The molecule has 0 saturated heterocycles. The minimum Gasteiger partial charge on any atom is -0.390 e. The first kappa shape index (κ1) is 14.6. The van der Waals surface area contributed by atoms with Crippen molar-refractivity contribution in [2.75, 3.05) is 0 Å². The SMILES string of the molecule is CC1CC(C)(C)CC(O)(CCCc2ccccc2)C1. The Morgan fingerprint density at radius 1 is 1.16 bits per heavy atom. The Bertz CT molecular complexity index is 395. The van der Waals surface area contributed by atoms with Crippen LogP contribution in [-0.4, -0.2) is 10.7 Å². The summed E-state index contributed by atoms with van der Waals surface area (Å²) in [6.07, 6.45) is 6.29. The van der Waals surface area contributed by atoms with Gasteiger partial charge in [-0.2, -0.15) is 0 Å². The van der Waals surface area contributed by atoms with Gasteiger partial charge in [0.05, 0.1) is 5.60 Å². The molecule has 1 aliphatic rings. The molecule has 1 N–H and O–H groups in total. The molecule has 0 bridgehead atoms. The molecule has 2 atom stereocenters. The molecule has 1 nitrogen and oxygen atoms in total. The molecule has 1 aliphatic carbocycles.